The fourth-order valence-electron chi connectivity index (χ4n) is 3.51. The molecular weight excluding hydrogens is 335 g/mol. The number of aliphatic hydroxyl groups is 1. The van der Waals surface area contributed by atoms with Crippen molar-refractivity contribution in [1.82, 2.24) is 20.0 Å². The van der Waals surface area contributed by atoms with E-state index >= 15 is 0 Å². The number of hydrogen-bond donors (Lipinski definition) is 2. The summed E-state index contributed by atoms with van der Waals surface area (Å²) < 4.78 is 13.1. The number of nitrogens with zero attached hydrogens (tertiary/aromatic N) is 3. The van der Waals surface area contributed by atoms with Crippen molar-refractivity contribution in [2.45, 2.75) is 38.5 Å². The second-order valence-electron chi connectivity index (χ2n) is 7.20. The van der Waals surface area contributed by atoms with Crippen molar-refractivity contribution in [1.29, 1.82) is 0 Å². The Morgan fingerprint density at radius 3 is 2.77 bits per heavy atom. The van der Waals surface area contributed by atoms with Gasteiger partial charge in [-0.3, -0.25) is 14.8 Å². The van der Waals surface area contributed by atoms with Gasteiger partial charge in [0.2, 0.25) is 0 Å². The van der Waals surface area contributed by atoms with Gasteiger partial charge in [0.15, 0.2) is 5.60 Å². The number of hydrogen-bond acceptors (Lipinski definition) is 4. The number of amides is 1. The molecule has 0 bridgehead atoms. The molecule has 1 aliphatic rings. The summed E-state index contributed by atoms with van der Waals surface area (Å²) >= 11 is 0. The minimum absolute atomic E-state index is 0.248. The number of benzene rings is 1. The van der Waals surface area contributed by atoms with Crippen molar-refractivity contribution < 1.29 is 14.3 Å². The van der Waals surface area contributed by atoms with Crippen LogP contribution >= 0.6 is 0 Å². The Morgan fingerprint density at radius 1 is 1.38 bits per heavy atom. The Balaban J connectivity index is 1.64. The highest BCUT2D eigenvalue weighted by Gasteiger charge is 2.42. The highest BCUT2D eigenvalue weighted by molar-refractivity contribution is 5.86. The summed E-state index contributed by atoms with van der Waals surface area (Å²) in [7, 11) is 1.87. The Kier molecular flexibility index (Phi) is 5.38. The number of carbonyl (C=O) groups excluding carboxylic acids is 1. The SMILES string of the molecule is Cc1cc(CN(C)CC2(O)CCCN(Cc3ccc(F)cc3)C2=O)n[nH]1. The Hall–Kier alpha value is -2.25. The second-order valence-corrected chi connectivity index (χ2v) is 7.20. The first kappa shape index (κ1) is 18.5. The number of likely N-dealkylation sites (N-methyl/N-ethyl adjacent to an activating group) is 1. The number of piperidine rings is 1. The van der Waals surface area contributed by atoms with Crippen LogP contribution in [-0.2, 0) is 17.9 Å². The van der Waals surface area contributed by atoms with E-state index in [1.165, 1.54) is 12.1 Å². The van der Waals surface area contributed by atoms with Crippen LogP contribution in [0.4, 0.5) is 4.39 Å². The van der Waals surface area contributed by atoms with Crippen LogP contribution in [0.3, 0.4) is 0 Å². The van der Waals surface area contributed by atoms with Crippen molar-refractivity contribution in [3.05, 3.63) is 53.1 Å². The Morgan fingerprint density at radius 2 is 2.12 bits per heavy atom. The quantitative estimate of drug-likeness (QED) is 0.825. The number of aromatic amines is 1. The zero-order valence-corrected chi connectivity index (χ0v) is 15.2. The molecule has 1 saturated heterocycles. The maximum Gasteiger partial charge on any atom is 0.256 e. The number of halogens is 1. The van der Waals surface area contributed by atoms with Crippen molar-refractivity contribution >= 4 is 5.91 Å². The fraction of sp³-hybridized carbons (Fsp3) is 0.474. The Labute approximate surface area is 152 Å². The van der Waals surface area contributed by atoms with Crippen LogP contribution in [0.15, 0.2) is 30.3 Å². The van der Waals surface area contributed by atoms with Crippen LogP contribution in [0, 0.1) is 12.7 Å². The largest absolute Gasteiger partial charge is 0.379 e. The first-order chi connectivity index (χ1) is 12.4. The molecule has 3 rings (SSSR count). The van der Waals surface area contributed by atoms with E-state index in [1.54, 1.807) is 17.0 Å². The van der Waals surface area contributed by atoms with Crippen LogP contribution in [0.2, 0.25) is 0 Å². The lowest BCUT2D eigenvalue weighted by atomic mass is 9.90. The zero-order valence-electron chi connectivity index (χ0n) is 15.2. The van der Waals surface area contributed by atoms with Gasteiger partial charge in [0, 0.05) is 31.9 Å². The van der Waals surface area contributed by atoms with E-state index in [4.69, 9.17) is 0 Å². The molecule has 1 aromatic heterocycles. The number of aryl methyl sites for hydroxylation is 1. The first-order valence-corrected chi connectivity index (χ1v) is 8.81. The lowest BCUT2D eigenvalue weighted by Crippen LogP contribution is -2.57. The number of nitrogens with one attached hydrogen (secondary N) is 1. The van der Waals surface area contributed by atoms with Crippen molar-refractivity contribution in [2.24, 2.45) is 0 Å². The molecule has 1 amide bonds. The van der Waals surface area contributed by atoms with Gasteiger partial charge < -0.3 is 10.0 Å². The van der Waals surface area contributed by atoms with Gasteiger partial charge in [0.05, 0.1) is 5.69 Å². The van der Waals surface area contributed by atoms with Crippen LogP contribution < -0.4 is 0 Å². The summed E-state index contributed by atoms with van der Waals surface area (Å²) in [5, 5.41) is 18.1. The summed E-state index contributed by atoms with van der Waals surface area (Å²) in [5.74, 6) is -0.566. The molecule has 2 aromatic rings. The van der Waals surface area contributed by atoms with Gasteiger partial charge in [-0.1, -0.05) is 12.1 Å². The third-order valence-corrected chi connectivity index (χ3v) is 4.71. The topological polar surface area (TPSA) is 72.5 Å². The van der Waals surface area contributed by atoms with Crippen LogP contribution in [0.1, 0.15) is 29.8 Å². The van der Waals surface area contributed by atoms with Crippen molar-refractivity contribution in [3.63, 3.8) is 0 Å². The van der Waals surface area contributed by atoms with Gasteiger partial charge in [-0.05, 0) is 50.6 Å². The summed E-state index contributed by atoms with van der Waals surface area (Å²) in [4.78, 5) is 16.4. The van der Waals surface area contributed by atoms with E-state index in [2.05, 4.69) is 10.2 Å². The average Bonchev–Trinajstić information content (AvgIpc) is 2.98. The molecule has 1 aliphatic heterocycles. The molecule has 1 aromatic carbocycles. The summed E-state index contributed by atoms with van der Waals surface area (Å²) in [6, 6.07) is 8.06. The lowest BCUT2D eigenvalue weighted by Gasteiger charge is -2.40. The van der Waals surface area contributed by atoms with Gasteiger partial charge in [0.25, 0.3) is 5.91 Å². The molecule has 1 atom stereocenters. The summed E-state index contributed by atoms with van der Waals surface area (Å²) in [6.07, 6.45) is 1.18. The second kappa shape index (κ2) is 7.55. The Bertz CT molecular complexity index is 761. The van der Waals surface area contributed by atoms with Crippen molar-refractivity contribution in [2.75, 3.05) is 20.1 Å². The van der Waals surface area contributed by atoms with Gasteiger partial charge in [-0.15, -0.1) is 0 Å². The normalized spacial score (nSPS) is 20.8. The standard InChI is InChI=1S/C19H25FN4O2/c1-14-10-17(22-21-14)12-23(2)13-19(26)8-3-9-24(18(19)25)11-15-4-6-16(20)7-5-15/h4-7,10,26H,3,8-9,11-13H2,1-2H3,(H,21,22). The number of likely N-dealkylation sites (tertiary alicyclic amines) is 1. The molecule has 1 fully saturated rings. The summed E-state index contributed by atoms with van der Waals surface area (Å²) in [6.45, 7) is 3.71. The molecule has 26 heavy (non-hydrogen) atoms. The number of aromatic nitrogens is 2. The highest BCUT2D eigenvalue weighted by Crippen LogP contribution is 2.25. The van der Waals surface area contributed by atoms with Gasteiger partial charge in [0.1, 0.15) is 5.82 Å². The van der Waals surface area contributed by atoms with Crippen LogP contribution in [-0.4, -0.2) is 56.7 Å². The van der Waals surface area contributed by atoms with Gasteiger partial charge >= 0.3 is 0 Å². The van der Waals surface area contributed by atoms with Crippen molar-refractivity contribution in [3.8, 4) is 0 Å². The molecule has 0 saturated carbocycles. The minimum atomic E-state index is -1.40. The third kappa shape index (κ3) is 4.28. The van der Waals surface area contributed by atoms with Gasteiger partial charge in [-0.2, -0.15) is 5.10 Å². The molecular formula is C19H25FN4O2. The smallest absolute Gasteiger partial charge is 0.256 e. The predicted molar refractivity (Wildman–Crippen MR) is 95.7 cm³/mol. The molecule has 140 valence electrons. The van der Waals surface area contributed by atoms with E-state index in [0.29, 0.717) is 26.1 Å². The maximum absolute atomic E-state index is 13.1. The monoisotopic (exact) mass is 360 g/mol. The molecule has 2 heterocycles. The first-order valence-electron chi connectivity index (χ1n) is 8.81. The molecule has 0 aliphatic carbocycles. The maximum atomic E-state index is 13.1. The lowest BCUT2D eigenvalue weighted by molar-refractivity contribution is -0.160. The fourth-order valence-corrected chi connectivity index (χ4v) is 3.51. The van der Waals surface area contributed by atoms with E-state index < -0.39 is 5.60 Å². The summed E-state index contributed by atoms with van der Waals surface area (Å²) in [5.41, 5.74) is 1.30. The highest BCUT2D eigenvalue weighted by atomic mass is 19.1. The third-order valence-electron chi connectivity index (χ3n) is 4.71. The predicted octanol–water partition coefficient (Wildman–Crippen LogP) is 1.84. The molecule has 2 N–H and O–H groups in total. The van der Waals surface area contributed by atoms with E-state index in [1.807, 2.05) is 24.9 Å². The molecule has 0 radical (unpaired) electrons. The van der Waals surface area contributed by atoms with E-state index in [0.717, 1.165) is 23.4 Å². The minimum Gasteiger partial charge on any atom is -0.379 e. The van der Waals surface area contributed by atoms with E-state index in [9.17, 15) is 14.3 Å². The molecule has 1 unspecified atom stereocenters. The molecule has 0 spiro atoms. The van der Waals surface area contributed by atoms with Crippen LogP contribution in [0.25, 0.3) is 0 Å². The number of H-pyrrole nitrogens is 1. The van der Waals surface area contributed by atoms with Crippen LogP contribution in [0.5, 0.6) is 0 Å². The molecule has 7 heteroatoms. The average molecular weight is 360 g/mol. The van der Waals surface area contributed by atoms with Gasteiger partial charge in [-0.25, -0.2) is 4.39 Å². The number of rotatable bonds is 6. The molecule has 6 nitrogen and oxygen atoms in total. The number of carbonyl (C=O) groups is 1. The zero-order chi connectivity index (χ0) is 18.7. The van der Waals surface area contributed by atoms with E-state index in [-0.39, 0.29) is 18.3 Å².